The van der Waals surface area contributed by atoms with Gasteiger partial charge in [-0.3, -0.25) is 4.79 Å². The van der Waals surface area contributed by atoms with Gasteiger partial charge in [0, 0.05) is 23.1 Å². The molecule has 4 nitrogen and oxygen atoms in total. The molecule has 0 saturated heterocycles. The molecular formula is C19H18F2N2O2. The van der Waals surface area contributed by atoms with Crippen molar-refractivity contribution in [1.82, 2.24) is 10.3 Å². The Hall–Kier alpha value is -2.73. The van der Waals surface area contributed by atoms with E-state index in [1.165, 1.54) is 36.4 Å². The lowest BCUT2D eigenvalue weighted by Crippen LogP contribution is -2.29. The van der Waals surface area contributed by atoms with Crippen LogP contribution in [0, 0.1) is 18.6 Å². The minimum absolute atomic E-state index is 0.0141. The van der Waals surface area contributed by atoms with Crippen LogP contribution in [0.2, 0.25) is 0 Å². The number of carbonyl (C=O) groups is 1. The first-order valence-corrected chi connectivity index (χ1v) is 7.91. The lowest BCUT2D eigenvalue weighted by Gasteiger charge is -2.12. The average molecular weight is 344 g/mol. The van der Waals surface area contributed by atoms with Gasteiger partial charge in [0.15, 0.2) is 0 Å². The van der Waals surface area contributed by atoms with E-state index in [2.05, 4.69) is 10.3 Å². The Kier molecular flexibility index (Phi) is 4.81. The number of aliphatic hydroxyl groups is 1. The molecular weight excluding hydrogens is 326 g/mol. The number of aromatic nitrogens is 1. The van der Waals surface area contributed by atoms with Gasteiger partial charge in [-0.25, -0.2) is 8.78 Å². The highest BCUT2D eigenvalue weighted by Gasteiger charge is 2.15. The Balaban J connectivity index is 1.66. The van der Waals surface area contributed by atoms with Gasteiger partial charge in [-0.15, -0.1) is 0 Å². The number of hydrogen-bond donors (Lipinski definition) is 3. The van der Waals surface area contributed by atoms with Gasteiger partial charge in [0.05, 0.1) is 12.5 Å². The van der Waals surface area contributed by atoms with Crippen molar-refractivity contribution in [3.05, 3.63) is 70.9 Å². The van der Waals surface area contributed by atoms with Crippen molar-refractivity contribution in [2.75, 3.05) is 6.54 Å². The number of nitrogens with one attached hydrogen (secondary N) is 2. The molecule has 1 heterocycles. The fourth-order valence-electron chi connectivity index (χ4n) is 2.82. The Morgan fingerprint density at radius 1 is 1.16 bits per heavy atom. The fourth-order valence-corrected chi connectivity index (χ4v) is 2.82. The molecule has 0 aliphatic rings. The number of aliphatic hydroxyl groups excluding tert-OH is 1. The molecule has 1 aromatic heterocycles. The number of benzene rings is 2. The van der Waals surface area contributed by atoms with Crippen LogP contribution < -0.4 is 5.32 Å². The van der Waals surface area contributed by atoms with Crippen LogP contribution in [0.15, 0.2) is 42.5 Å². The number of aromatic amines is 1. The lowest BCUT2D eigenvalue weighted by atomic mass is 10.1. The van der Waals surface area contributed by atoms with Crippen LogP contribution >= 0.6 is 0 Å². The molecule has 1 atom stereocenters. The normalized spacial score (nSPS) is 12.3. The maximum Gasteiger partial charge on any atom is 0.224 e. The summed E-state index contributed by atoms with van der Waals surface area (Å²) in [6, 6.07) is 9.85. The maximum atomic E-state index is 13.5. The third-order valence-electron chi connectivity index (χ3n) is 4.17. The molecule has 0 saturated carbocycles. The minimum atomic E-state index is -0.925. The standard InChI is InChI=1S/C19H18F2N2O2/c1-11-15(16-8-14(21)6-7-17(16)23-11)9-19(25)22-10-18(24)12-2-4-13(20)5-3-12/h2-8,18,23-24H,9-10H2,1H3,(H,22,25). The molecule has 0 fully saturated rings. The molecule has 3 rings (SSSR count). The second kappa shape index (κ2) is 7.03. The number of amides is 1. The lowest BCUT2D eigenvalue weighted by molar-refractivity contribution is -0.120. The predicted molar refractivity (Wildman–Crippen MR) is 91.1 cm³/mol. The molecule has 3 aromatic rings. The largest absolute Gasteiger partial charge is 0.387 e. The van der Waals surface area contributed by atoms with Gasteiger partial charge >= 0.3 is 0 Å². The zero-order valence-electron chi connectivity index (χ0n) is 13.6. The minimum Gasteiger partial charge on any atom is -0.387 e. The van der Waals surface area contributed by atoms with Crippen molar-refractivity contribution < 1.29 is 18.7 Å². The highest BCUT2D eigenvalue weighted by molar-refractivity contribution is 5.90. The van der Waals surface area contributed by atoms with Gasteiger partial charge in [0.25, 0.3) is 0 Å². The first kappa shape index (κ1) is 17.1. The zero-order chi connectivity index (χ0) is 18.0. The molecule has 3 N–H and O–H groups in total. The van der Waals surface area contributed by atoms with Crippen molar-refractivity contribution in [2.45, 2.75) is 19.4 Å². The third kappa shape index (κ3) is 3.85. The average Bonchev–Trinajstić information content (AvgIpc) is 2.88. The molecule has 0 aliphatic heterocycles. The molecule has 1 unspecified atom stereocenters. The van der Waals surface area contributed by atoms with Crippen molar-refractivity contribution >= 4 is 16.8 Å². The van der Waals surface area contributed by atoms with E-state index < -0.39 is 6.10 Å². The van der Waals surface area contributed by atoms with E-state index in [1.807, 2.05) is 6.92 Å². The second-order valence-corrected chi connectivity index (χ2v) is 5.97. The van der Waals surface area contributed by atoms with Crippen molar-refractivity contribution in [3.63, 3.8) is 0 Å². The summed E-state index contributed by atoms with van der Waals surface area (Å²) < 4.78 is 26.3. The third-order valence-corrected chi connectivity index (χ3v) is 4.17. The number of hydrogen-bond acceptors (Lipinski definition) is 2. The van der Waals surface area contributed by atoms with Gasteiger partial charge in [-0.1, -0.05) is 12.1 Å². The van der Waals surface area contributed by atoms with E-state index >= 15 is 0 Å². The first-order valence-electron chi connectivity index (χ1n) is 7.91. The number of fused-ring (bicyclic) bond motifs is 1. The van der Waals surface area contributed by atoms with E-state index in [-0.39, 0.29) is 30.5 Å². The second-order valence-electron chi connectivity index (χ2n) is 5.97. The number of H-pyrrole nitrogens is 1. The summed E-state index contributed by atoms with van der Waals surface area (Å²) in [5.74, 6) is -1.03. The topological polar surface area (TPSA) is 65.1 Å². The summed E-state index contributed by atoms with van der Waals surface area (Å²) >= 11 is 0. The smallest absolute Gasteiger partial charge is 0.224 e. The van der Waals surface area contributed by atoms with E-state index in [0.717, 1.165) is 16.8 Å². The molecule has 0 aliphatic carbocycles. The van der Waals surface area contributed by atoms with Crippen LogP contribution in [0.1, 0.15) is 22.9 Å². The van der Waals surface area contributed by atoms with Gasteiger partial charge < -0.3 is 15.4 Å². The van der Waals surface area contributed by atoms with Crippen molar-refractivity contribution in [1.29, 1.82) is 0 Å². The summed E-state index contributed by atoms with van der Waals surface area (Å²) in [5, 5.41) is 13.4. The highest BCUT2D eigenvalue weighted by atomic mass is 19.1. The fraction of sp³-hybridized carbons (Fsp3) is 0.211. The molecule has 25 heavy (non-hydrogen) atoms. The Bertz CT molecular complexity index is 904. The summed E-state index contributed by atoms with van der Waals surface area (Å²) in [6.45, 7) is 1.84. The Labute approximate surface area is 143 Å². The number of carbonyl (C=O) groups excluding carboxylic acids is 1. The van der Waals surface area contributed by atoms with E-state index in [9.17, 15) is 18.7 Å². The number of rotatable bonds is 5. The Morgan fingerprint density at radius 2 is 1.84 bits per heavy atom. The molecule has 0 bridgehead atoms. The van der Waals surface area contributed by atoms with Crippen molar-refractivity contribution in [2.24, 2.45) is 0 Å². The SMILES string of the molecule is Cc1[nH]c2ccc(F)cc2c1CC(=O)NCC(O)c1ccc(F)cc1. The van der Waals surface area contributed by atoms with Gasteiger partial charge in [-0.2, -0.15) is 0 Å². The van der Waals surface area contributed by atoms with Gasteiger partial charge in [-0.05, 0) is 48.4 Å². The van der Waals surface area contributed by atoms with Crippen LogP contribution in [0.25, 0.3) is 10.9 Å². The van der Waals surface area contributed by atoms with Crippen LogP contribution in [-0.4, -0.2) is 22.5 Å². The van der Waals surface area contributed by atoms with Crippen LogP contribution in [0.4, 0.5) is 8.78 Å². The monoisotopic (exact) mass is 344 g/mol. The number of halogens is 2. The van der Waals surface area contributed by atoms with Crippen LogP contribution in [-0.2, 0) is 11.2 Å². The van der Waals surface area contributed by atoms with Gasteiger partial charge in [0.1, 0.15) is 11.6 Å². The van der Waals surface area contributed by atoms with E-state index in [4.69, 9.17) is 0 Å². The van der Waals surface area contributed by atoms with E-state index in [1.54, 1.807) is 6.07 Å². The number of aryl methyl sites for hydroxylation is 1. The molecule has 0 radical (unpaired) electrons. The highest BCUT2D eigenvalue weighted by Crippen LogP contribution is 2.23. The molecule has 0 spiro atoms. The van der Waals surface area contributed by atoms with Crippen LogP contribution in [0.5, 0.6) is 0 Å². The molecule has 2 aromatic carbocycles. The zero-order valence-corrected chi connectivity index (χ0v) is 13.6. The quantitative estimate of drug-likeness (QED) is 0.666. The molecule has 6 heteroatoms. The van der Waals surface area contributed by atoms with Crippen LogP contribution in [0.3, 0.4) is 0 Å². The van der Waals surface area contributed by atoms with Gasteiger partial charge in [0.2, 0.25) is 5.91 Å². The summed E-state index contributed by atoms with van der Waals surface area (Å²) in [6.07, 6.45) is -0.850. The summed E-state index contributed by atoms with van der Waals surface area (Å²) in [4.78, 5) is 15.3. The maximum absolute atomic E-state index is 13.5. The van der Waals surface area contributed by atoms with Crippen molar-refractivity contribution in [3.8, 4) is 0 Å². The van der Waals surface area contributed by atoms with E-state index in [0.29, 0.717) is 10.9 Å². The Morgan fingerprint density at radius 3 is 2.56 bits per heavy atom. The molecule has 130 valence electrons. The summed E-state index contributed by atoms with van der Waals surface area (Å²) in [7, 11) is 0. The molecule has 1 amide bonds. The summed E-state index contributed by atoms with van der Waals surface area (Å²) in [5.41, 5.74) is 2.82. The first-order chi connectivity index (χ1) is 11.9. The predicted octanol–water partition coefficient (Wildman–Crippen LogP) is 3.15.